The van der Waals surface area contributed by atoms with E-state index in [9.17, 15) is 13.2 Å². The van der Waals surface area contributed by atoms with Crippen molar-refractivity contribution >= 4 is 21.6 Å². The first kappa shape index (κ1) is 24.9. The summed E-state index contributed by atoms with van der Waals surface area (Å²) in [6.45, 7) is 2.34. The summed E-state index contributed by atoms with van der Waals surface area (Å²) in [6, 6.07) is 21.8. The van der Waals surface area contributed by atoms with Crippen LogP contribution in [0.4, 0.5) is 5.69 Å². The standard InChI is InChI=1S/C25H28N2O6S/c1-3-32-21-13-15-22(16-14-21)34(29,30)27(20-9-5-4-6-10-20)19-25(28)26-17-18-33-24-12-8-7-11-23(24)31-2/h4-16H,3,17-19H2,1-2H3,(H,26,28). The van der Waals surface area contributed by atoms with Gasteiger partial charge in [-0.05, 0) is 55.5 Å². The molecule has 1 amide bonds. The second-order valence-corrected chi connectivity index (χ2v) is 8.96. The summed E-state index contributed by atoms with van der Waals surface area (Å²) < 4.78 is 44.1. The summed E-state index contributed by atoms with van der Waals surface area (Å²) >= 11 is 0. The summed E-state index contributed by atoms with van der Waals surface area (Å²) in [7, 11) is -2.45. The molecule has 0 aliphatic rings. The highest BCUT2D eigenvalue weighted by atomic mass is 32.2. The lowest BCUT2D eigenvalue weighted by Crippen LogP contribution is -2.41. The number of nitrogens with zero attached hydrogens (tertiary/aromatic N) is 1. The number of rotatable bonds is 12. The number of anilines is 1. The third-order valence-electron chi connectivity index (χ3n) is 4.80. The van der Waals surface area contributed by atoms with Crippen molar-refractivity contribution < 1.29 is 27.4 Å². The zero-order valence-corrected chi connectivity index (χ0v) is 20.0. The Kier molecular flexibility index (Phi) is 8.75. The molecule has 0 aromatic heterocycles. The topological polar surface area (TPSA) is 94.2 Å². The number of hydrogen-bond acceptors (Lipinski definition) is 6. The average Bonchev–Trinajstić information content (AvgIpc) is 2.86. The number of para-hydroxylation sites is 3. The lowest BCUT2D eigenvalue weighted by Gasteiger charge is -2.24. The van der Waals surface area contributed by atoms with E-state index >= 15 is 0 Å². The molecule has 0 bridgehead atoms. The predicted molar refractivity (Wildman–Crippen MR) is 130 cm³/mol. The predicted octanol–water partition coefficient (Wildman–Crippen LogP) is 3.48. The first-order valence-corrected chi connectivity index (χ1v) is 12.2. The SMILES string of the molecule is CCOc1ccc(S(=O)(=O)N(CC(=O)NCCOc2ccccc2OC)c2ccccc2)cc1. The molecule has 0 saturated heterocycles. The van der Waals surface area contributed by atoms with Gasteiger partial charge in [0.1, 0.15) is 18.9 Å². The molecular weight excluding hydrogens is 456 g/mol. The molecule has 34 heavy (non-hydrogen) atoms. The van der Waals surface area contributed by atoms with Crippen molar-refractivity contribution in [3.63, 3.8) is 0 Å². The van der Waals surface area contributed by atoms with E-state index in [1.165, 1.54) is 12.1 Å². The molecule has 8 nitrogen and oxygen atoms in total. The first-order chi connectivity index (χ1) is 16.5. The first-order valence-electron chi connectivity index (χ1n) is 10.8. The van der Waals surface area contributed by atoms with Gasteiger partial charge in [-0.1, -0.05) is 30.3 Å². The average molecular weight is 485 g/mol. The van der Waals surface area contributed by atoms with E-state index < -0.39 is 15.9 Å². The second kappa shape index (κ2) is 11.9. The van der Waals surface area contributed by atoms with Gasteiger partial charge < -0.3 is 19.5 Å². The van der Waals surface area contributed by atoms with Crippen LogP contribution >= 0.6 is 0 Å². The Morgan fingerprint density at radius 2 is 1.53 bits per heavy atom. The van der Waals surface area contributed by atoms with Crippen molar-refractivity contribution in [1.82, 2.24) is 5.32 Å². The molecule has 3 rings (SSSR count). The summed E-state index contributed by atoms with van der Waals surface area (Å²) in [4.78, 5) is 12.7. The van der Waals surface area contributed by atoms with Crippen LogP contribution in [-0.4, -0.2) is 47.7 Å². The van der Waals surface area contributed by atoms with Gasteiger partial charge in [-0.25, -0.2) is 8.42 Å². The maximum Gasteiger partial charge on any atom is 0.264 e. The van der Waals surface area contributed by atoms with Gasteiger partial charge in [-0.2, -0.15) is 0 Å². The highest BCUT2D eigenvalue weighted by Gasteiger charge is 2.27. The molecule has 0 aliphatic carbocycles. The monoisotopic (exact) mass is 484 g/mol. The fourth-order valence-electron chi connectivity index (χ4n) is 3.19. The van der Waals surface area contributed by atoms with E-state index in [-0.39, 0.29) is 24.6 Å². The number of ether oxygens (including phenoxy) is 3. The molecule has 0 spiro atoms. The van der Waals surface area contributed by atoms with E-state index in [1.54, 1.807) is 61.7 Å². The summed E-state index contributed by atoms with van der Waals surface area (Å²) in [5.41, 5.74) is 0.386. The van der Waals surface area contributed by atoms with Crippen LogP contribution in [0.25, 0.3) is 0 Å². The van der Waals surface area contributed by atoms with E-state index in [0.717, 1.165) is 4.31 Å². The number of benzene rings is 3. The van der Waals surface area contributed by atoms with E-state index in [1.807, 2.05) is 19.1 Å². The summed E-state index contributed by atoms with van der Waals surface area (Å²) in [5.74, 6) is 1.26. The Morgan fingerprint density at radius 1 is 0.882 bits per heavy atom. The van der Waals surface area contributed by atoms with Crippen molar-refractivity contribution in [3.05, 3.63) is 78.9 Å². The van der Waals surface area contributed by atoms with Gasteiger partial charge in [0.05, 0.1) is 30.8 Å². The minimum Gasteiger partial charge on any atom is -0.494 e. The highest BCUT2D eigenvalue weighted by Crippen LogP contribution is 2.26. The molecule has 3 aromatic carbocycles. The van der Waals surface area contributed by atoms with Crippen LogP contribution in [0.3, 0.4) is 0 Å². The zero-order chi connectivity index (χ0) is 24.4. The van der Waals surface area contributed by atoms with Crippen LogP contribution in [0.2, 0.25) is 0 Å². The molecule has 180 valence electrons. The fourth-order valence-corrected chi connectivity index (χ4v) is 4.61. The maximum absolute atomic E-state index is 13.4. The Hall–Kier alpha value is -3.72. The maximum atomic E-state index is 13.4. The van der Waals surface area contributed by atoms with Crippen molar-refractivity contribution in [1.29, 1.82) is 0 Å². The number of sulfonamides is 1. The van der Waals surface area contributed by atoms with E-state index in [4.69, 9.17) is 14.2 Å². The molecule has 0 aliphatic heterocycles. The highest BCUT2D eigenvalue weighted by molar-refractivity contribution is 7.92. The van der Waals surface area contributed by atoms with E-state index in [2.05, 4.69) is 5.32 Å². The Balaban J connectivity index is 1.68. The van der Waals surface area contributed by atoms with Gasteiger partial charge >= 0.3 is 0 Å². The molecule has 0 unspecified atom stereocenters. The van der Waals surface area contributed by atoms with Crippen LogP contribution in [0, 0.1) is 0 Å². The van der Waals surface area contributed by atoms with Gasteiger partial charge in [0.25, 0.3) is 10.0 Å². The van der Waals surface area contributed by atoms with Crippen molar-refractivity contribution in [3.8, 4) is 17.2 Å². The molecule has 0 atom stereocenters. The number of methoxy groups -OCH3 is 1. The van der Waals surface area contributed by atoms with Crippen LogP contribution in [0.1, 0.15) is 6.92 Å². The van der Waals surface area contributed by atoms with Crippen LogP contribution in [-0.2, 0) is 14.8 Å². The Labute approximate surface area is 200 Å². The molecule has 9 heteroatoms. The molecule has 0 fully saturated rings. The number of amides is 1. The van der Waals surface area contributed by atoms with Crippen molar-refractivity contribution in [2.75, 3.05) is 37.7 Å². The number of carbonyl (C=O) groups excluding carboxylic acids is 1. The third-order valence-corrected chi connectivity index (χ3v) is 6.59. The smallest absolute Gasteiger partial charge is 0.264 e. The third kappa shape index (κ3) is 6.41. The van der Waals surface area contributed by atoms with Gasteiger partial charge in [-0.3, -0.25) is 9.10 Å². The molecular formula is C25H28N2O6S. The molecule has 3 aromatic rings. The fraction of sp³-hybridized carbons (Fsp3) is 0.240. The summed E-state index contributed by atoms with van der Waals surface area (Å²) in [5, 5.41) is 2.71. The van der Waals surface area contributed by atoms with Crippen LogP contribution in [0.5, 0.6) is 17.2 Å². The number of hydrogen-bond donors (Lipinski definition) is 1. The lowest BCUT2D eigenvalue weighted by atomic mass is 10.3. The minimum atomic E-state index is -3.99. The molecule has 0 heterocycles. The van der Waals surface area contributed by atoms with Gasteiger partial charge in [0.15, 0.2) is 11.5 Å². The number of nitrogens with one attached hydrogen (secondary N) is 1. The quantitative estimate of drug-likeness (QED) is 0.396. The molecule has 0 saturated carbocycles. The van der Waals surface area contributed by atoms with Crippen molar-refractivity contribution in [2.45, 2.75) is 11.8 Å². The van der Waals surface area contributed by atoms with Gasteiger partial charge in [0, 0.05) is 0 Å². The van der Waals surface area contributed by atoms with E-state index in [0.29, 0.717) is 29.5 Å². The van der Waals surface area contributed by atoms with Crippen LogP contribution < -0.4 is 23.8 Å². The number of carbonyl (C=O) groups is 1. The Morgan fingerprint density at radius 3 is 2.18 bits per heavy atom. The van der Waals surface area contributed by atoms with Crippen LogP contribution in [0.15, 0.2) is 83.8 Å². The molecule has 1 N–H and O–H groups in total. The summed E-state index contributed by atoms with van der Waals surface area (Å²) in [6.07, 6.45) is 0. The normalized spacial score (nSPS) is 10.9. The van der Waals surface area contributed by atoms with Gasteiger partial charge in [0.2, 0.25) is 5.91 Å². The lowest BCUT2D eigenvalue weighted by molar-refractivity contribution is -0.119. The molecule has 0 radical (unpaired) electrons. The van der Waals surface area contributed by atoms with Gasteiger partial charge in [-0.15, -0.1) is 0 Å². The largest absolute Gasteiger partial charge is 0.494 e. The van der Waals surface area contributed by atoms with Crippen molar-refractivity contribution in [2.24, 2.45) is 0 Å². The minimum absolute atomic E-state index is 0.0621. The Bertz CT molecular complexity index is 1170. The second-order valence-electron chi connectivity index (χ2n) is 7.10. The zero-order valence-electron chi connectivity index (χ0n) is 19.1.